The topological polar surface area (TPSA) is 40.6 Å². The molecule has 2 aliphatic rings. The Morgan fingerprint density at radius 2 is 1.02 bits per heavy atom. The maximum absolute atomic E-state index is 5.92. The SMILES string of the molecule is Cc1cccc(C)c1-c1nc2cc(C(C)(C)C)cc3c2n1-c1cccc2c1B3c1cc3c4ccccc4n(-c4c(C)cccc4C)c3c3nc(-c4c(C)cccc4C)n-2c13. The summed E-state index contributed by atoms with van der Waals surface area (Å²) < 4.78 is 7.52. The van der Waals surface area contributed by atoms with Gasteiger partial charge in [0.25, 0.3) is 6.71 Å². The number of fused-ring (bicyclic) bond motifs is 8. The second kappa shape index (κ2) is 12.0. The normalized spacial score (nSPS) is 13.1. The molecule has 0 radical (unpaired) electrons. The molecule has 5 nitrogen and oxygen atoms in total. The highest BCUT2D eigenvalue weighted by Crippen LogP contribution is 2.44. The third kappa shape index (κ3) is 4.48. The van der Waals surface area contributed by atoms with Crippen molar-refractivity contribution in [2.24, 2.45) is 0 Å². The van der Waals surface area contributed by atoms with Crippen molar-refractivity contribution in [3.8, 4) is 39.8 Å². The third-order valence-electron chi connectivity index (χ3n) is 13.8. The fourth-order valence-electron chi connectivity index (χ4n) is 11.1. The molecule has 5 heterocycles. The van der Waals surface area contributed by atoms with E-state index in [1.807, 2.05) is 0 Å². The molecule has 60 heavy (non-hydrogen) atoms. The molecule has 2 aliphatic heterocycles. The van der Waals surface area contributed by atoms with Crippen LogP contribution in [0.3, 0.4) is 0 Å². The molecular weight excluding hydrogens is 729 g/mol. The summed E-state index contributed by atoms with van der Waals surface area (Å²) in [6, 6.07) is 43.1. The van der Waals surface area contributed by atoms with Gasteiger partial charge in [-0.3, -0.25) is 9.13 Å². The fourth-order valence-corrected chi connectivity index (χ4v) is 11.1. The molecule has 0 saturated carbocycles. The van der Waals surface area contributed by atoms with Gasteiger partial charge in [0.1, 0.15) is 17.2 Å². The Labute approximate surface area is 351 Å². The Morgan fingerprint density at radius 1 is 0.483 bits per heavy atom. The maximum atomic E-state index is 5.92. The van der Waals surface area contributed by atoms with Crippen LogP contribution in [-0.4, -0.2) is 30.4 Å². The number of aromatic nitrogens is 5. The van der Waals surface area contributed by atoms with Crippen LogP contribution in [0.4, 0.5) is 0 Å². The quantitative estimate of drug-likeness (QED) is 0.168. The van der Waals surface area contributed by atoms with Gasteiger partial charge in [0, 0.05) is 33.3 Å². The molecule has 0 N–H and O–H groups in total. The van der Waals surface area contributed by atoms with Gasteiger partial charge in [0.2, 0.25) is 0 Å². The molecule has 0 spiro atoms. The highest BCUT2D eigenvalue weighted by atomic mass is 15.1. The van der Waals surface area contributed by atoms with Crippen molar-refractivity contribution in [3.05, 3.63) is 154 Å². The zero-order valence-electron chi connectivity index (χ0n) is 35.8. The van der Waals surface area contributed by atoms with Gasteiger partial charge in [-0.25, -0.2) is 9.97 Å². The largest absolute Gasteiger partial charge is 0.307 e. The molecular formula is C54H46BN5. The van der Waals surface area contributed by atoms with Crippen LogP contribution in [0.15, 0.2) is 115 Å². The molecule has 12 rings (SSSR count). The van der Waals surface area contributed by atoms with E-state index in [9.17, 15) is 0 Å². The molecule has 0 amide bonds. The van der Waals surface area contributed by atoms with Crippen molar-refractivity contribution in [1.82, 2.24) is 23.7 Å². The molecule has 290 valence electrons. The Balaban J connectivity index is 1.32. The Kier molecular flexibility index (Phi) is 7.05. The summed E-state index contributed by atoms with van der Waals surface area (Å²) in [5, 5.41) is 2.47. The molecule has 0 bridgehead atoms. The first kappa shape index (κ1) is 35.3. The number of hydrogen-bond donors (Lipinski definition) is 0. The number of hydrogen-bond acceptors (Lipinski definition) is 2. The first-order chi connectivity index (χ1) is 28.9. The molecule has 10 aromatic rings. The summed E-state index contributed by atoms with van der Waals surface area (Å²) in [5.41, 5.74) is 25.3. The van der Waals surface area contributed by atoms with Crippen molar-refractivity contribution >= 4 is 67.0 Å². The van der Waals surface area contributed by atoms with Gasteiger partial charge < -0.3 is 4.57 Å². The summed E-state index contributed by atoms with van der Waals surface area (Å²) in [4.78, 5) is 11.5. The van der Waals surface area contributed by atoms with Gasteiger partial charge >= 0.3 is 0 Å². The van der Waals surface area contributed by atoms with Crippen LogP contribution in [0.5, 0.6) is 0 Å². The van der Waals surface area contributed by atoms with E-state index in [4.69, 9.17) is 9.97 Å². The lowest BCUT2D eigenvalue weighted by Gasteiger charge is -2.34. The van der Waals surface area contributed by atoms with Crippen LogP contribution >= 0.6 is 0 Å². The number of nitrogens with zero attached hydrogens (tertiary/aromatic N) is 5. The summed E-state index contributed by atoms with van der Waals surface area (Å²) in [7, 11) is 0. The van der Waals surface area contributed by atoms with Crippen molar-refractivity contribution < 1.29 is 0 Å². The highest BCUT2D eigenvalue weighted by molar-refractivity contribution is 7.00. The van der Waals surface area contributed by atoms with E-state index >= 15 is 0 Å². The molecule has 6 heteroatoms. The molecule has 0 unspecified atom stereocenters. The average molecular weight is 776 g/mol. The van der Waals surface area contributed by atoms with E-state index in [0.717, 1.165) is 28.2 Å². The third-order valence-corrected chi connectivity index (χ3v) is 13.8. The minimum Gasteiger partial charge on any atom is -0.307 e. The Bertz CT molecular complexity index is 3490. The predicted molar refractivity (Wildman–Crippen MR) is 253 cm³/mol. The van der Waals surface area contributed by atoms with Crippen LogP contribution < -0.4 is 16.4 Å². The van der Waals surface area contributed by atoms with E-state index in [2.05, 4.69) is 191 Å². The first-order valence-electron chi connectivity index (χ1n) is 21.3. The standard InChI is InChI=1S/C54H46BN5/c1-29-16-12-17-30(2)44(29)52-56-40-27-35(54(7,8)9)26-38-50(40)59(52)42-24-15-25-43-46(42)55(38)39-28-37-36-22-10-11-23-41(36)58(48-33(5)20-14-21-34(48)6)49(37)47-51(39)60(43)53(57-47)45-31(3)18-13-19-32(45)4/h10-28H,1-9H3. The highest BCUT2D eigenvalue weighted by Gasteiger charge is 2.43. The van der Waals surface area contributed by atoms with Gasteiger partial charge in [-0.2, -0.15) is 0 Å². The van der Waals surface area contributed by atoms with Crippen molar-refractivity contribution in [2.45, 2.75) is 67.7 Å². The second-order valence-corrected chi connectivity index (χ2v) is 18.6. The second-order valence-electron chi connectivity index (χ2n) is 18.6. The Hall–Kier alpha value is -6.66. The minimum absolute atomic E-state index is 0.0414. The van der Waals surface area contributed by atoms with Crippen LogP contribution in [-0.2, 0) is 5.41 Å². The van der Waals surface area contributed by atoms with Gasteiger partial charge in [-0.05, 0) is 127 Å². The van der Waals surface area contributed by atoms with Crippen molar-refractivity contribution in [2.75, 3.05) is 0 Å². The van der Waals surface area contributed by atoms with Gasteiger partial charge in [-0.15, -0.1) is 0 Å². The predicted octanol–water partition coefficient (Wildman–Crippen LogP) is 11.1. The molecule has 3 aromatic heterocycles. The maximum Gasteiger partial charge on any atom is 0.252 e. The summed E-state index contributed by atoms with van der Waals surface area (Å²) in [6.07, 6.45) is 0. The van der Waals surface area contributed by atoms with E-state index in [1.165, 1.54) is 111 Å². The van der Waals surface area contributed by atoms with Crippen LogP contribution in [0.2, 0.25) is 0 Å². The van der Waals surface area contributed by atoms with E-state index in [1.54, 1.807) is 0 Å². The van der Waals surface area contributed by atoms with E-state index in [-0.39, 0.29) is 12.1 Å². The lowest BCUT2D eigenvalue weighted by Crippen LogP contribution is -2.59. The van der Waals surface area contributed by atoms with Crippen molar-refractivity contribution in [1.29, 1.82) is 0 Å². The number of rotatable bonds is 3. The van der Waals surface area contributed by atoms with Crippen LogP contribution in [0.25, 0.3) is 83.7 Å². The lowest BCUT2D eigenvalue weighted by atomic mass is 9.34. The van der Waals surface area contributed by atoms with Gasteiger partial charge in [0.05, 0.1) is 33.3 Å². The van der Waals surface area contributed by atoms with Crippen molar-refractivity contribution in [3.63, 3.8) is 0 Å². The number of aryl methyl sites for hydroxylation is 6. The lowest BCUT2D eigenvalue weighted by molar-refractivity contribution is 0.591. The molecule has 7 aromatic carbocycles. The number of imidazole rings is 2. The summed E-state index contributed by atoms with van der Waals surface area (Å²) in [5.74, 6) is 1.99. The molecule has 0 atom stereocenters. The van der Waals surface area contributed by atoms with E-state index in [0.29, 0.717) is 0 Å². The van der Waals surface area contributed by atoms with Crippen LogP contribution in [0, 0.1) is 41.5 Å². The zero-order chi connectivity index (χ0) is 41.1. The monoisotopic (exact) mass is 775 g/mol. The van der Waals surface area contributed by atoms with E-state index < -0.39 is 0 Å². The smallest absolute Gasteiger partial charge is 0.252 e. The molecule has 0 fully saturated rings. The van der Waals surface area contributed by atoms with Crippen LogP contribution in [0.1, 0.15) is 59.7 Å². The summed E-state index contributed by atoms with van der Waals surface area (Å²) >= 11 is 0. The first-order valence-corrected chi connectivity index (χ1v) is 21.3. The molecule has 0 saturated heterocycles. The molecule has 0 aliphatic carbocycles. The minimum atomic E-state index is -0.0862. The van der Waals surface area contributed by atoms with Gasteiger partial charge in [-0.1, -0.05) is 112 Å². The number of benzene rings is 7. The Morgan fingerprint density at radius 3 is 1.63 bits per heavy atom. The van der Waals surface area contributed by atoms with Gasteiger partial charge in [0.15, 0.2) is 0 Å². The summed E-state index contributed by atoms with van der Waals surface area (Å²) in [6.45, 7) is 20.3. The average Bonchev–Trinajstić information content (AvgIpc) is 3.89. The fraction of sp³-hybridized carbons (Fsp3) is 0.185. The zero-order valence-corrected chi connectivity index (χ0v) is 35.8. The number of para-hydroxylation sites is 2.